The van der Waals surface area contributed by atoms with Gasteiger partial charge in [0.05, 0.1) is 6.07 Å². The molecule has 3 N–H and O–H groups in total. The molecule has 230 valence electrons. The number of rotatable bonds is 7. The van der Waals surface area contributed by atoms with Gasteiger partial charge in [-0.15, -0.1) is 0 Å². The standard InChI is InChI=1S/C23H26F9N5O4/c24-21(25,26)16(22(27,28)29)14(36-20(41)23(30,31)32)19(40)37-9-11-3-1-5-13(11)15(37)18(39)35-12(8-33)7-10-4-2-6-34-17(10)38/h10-16H,1-7,9H2,(H,34,38)(H,35,39)(H,36,41)/t10-,11-,12-,13-,14-,15-/m0/s1. The summed E-state index contributed by atoms with van der Waals surface area (Å²) in [7, 11) is 0. The number of carbonyl (C=O) groups excluding carboxylic acids is 4. The van der Waals surface area contributed by atoms with Crippen LogP contribution >= 0.6 is 0 Å². The van der Waals surface area contributed by atoms with Crippen molar-refractivity contribution in [3.8, 4) is 6.07 Å². The average Bonchev–Trinajstić information content (AvgIpc) is 3.43. The number of fused-ring (bicyclic) bond motifs is 1. The predicted octanol–water partition coefficient (Wildman–Crippen LogP) is 2.33. The first-order chi connectivity index (χ1) is 18.9. The van der Waals surface area contributed by atoms with Gasteiger partial charge in [-0.1, -0.05) is 6.42 Å². The van der Waals surface area contributed by atoms with Crippen molar-refractivity contribution in [2.75, 3.05) is 13.1 Å². The minimum Gasteiger partial charge on any atom is -0.356 e. The molecule has 0 bridgehead atoms. The third-order valence-electron chi connectivity index (χ3n) is 7.68. The van der Waals surface area contributed by atoms with E-state index >= 15 is 0 Å². The molecule has 0 aromatic rings. The number of likely N-dealkylation sites (tertiary alicyclic amines) is 1. The zero-order valence-electron chi connectivity index (χ0n) is 21.1. The molecule has 6 atom stereocenters. The minimum absolute atomic E-state index is 0.169. The third-order valence-corrected chi connectivity index (χ3v) is 7.68. The Morgan fingerprint density at radius 3 is 2.15 bits per heavy atom. The molecule has 3 fully saturated rings. The van der Waals surface area contributed by atoms with Crippen LogP contribution in [0.4, 0.5) is 39.5 Å². The second-order valence-electron chi connectivity index (χ2n) is 10.4. The number of halogens is 9. The van der Waals surface area contributed by atoms with E-state index in [9.17, 15) is 64.0 Å². The number of amides is 4. The van der Waals surface area contributed by atoms with Crippen molar-refractivity contribution >= 4 is 23.6 Å². The summed E-state index contributed by atoms with van der Waals surface area (Å²) in [6, 6.07) is -5.07. The molecule has 41 heavy (non-hydrogen) atoms. The Hall–Kier alpha value is -3.26. The van der Waals surface area contributed by atoms with Gasteiger partial charge in [0.1, 0.15) is 18.1 Å². The largest absolute Gasteiger partial charge is 0.471 e. The van der Waals surface area contributed by atoms with Crippen LogP contribution in [0.2, 0.25) is 0 Å². The van der Waals surface area contributed by atoms with Crippen LogP contribution in [0.3, 0.4) is 0 Å². The van der Waals surface area contributed by atoms with Gasteiger partial charge in [0.2, 0.25) is 17.7 Å². The van der Waals surface area contributed by atoms with Crippen LogP contribution in [-0.2, 0) is 19.2 Å². The van der Waals surface area contributed by atoms with E-state index in [1.807, 2.05) is 0 Å². The summed E-state index contributed by atoms with van der Waals surface area (Å²) in [5, 5.41) is 15.0. The minimum atomic E-state index is -6.31. The van der Waals surface area contributed by atoms with Gasteiger partial charge in [0.25, 0.3) is 0 Å². The summed E-state index contributed by atoms with van der Waals surface area (Å²) in [5.74, 6) is -13.6. The van der Waals surface area contributed by atoms with E-state index in [1.165, 1.54) is 0 Å². The lowest BCUT2D eigenvalue weighted by atomic mass is 9.90. The van der Waals surface area contributed by atoms with Crippen LogP contribution < -0.4 is 16.0 Å². The number of carbonyl (C=O) groups is 4. The third kappa shape index (κ3) is 7.34. The van der Waals surface area contributed by atoms with Crippen LogP contribution in [0.15, 0.2) is 0 Å². The second-order valence-corrected chi connectivity index (χ2v) is 10.4. The van der Waals surface area contributed by atoms with Crippen molar-refractivity contribution in [2.24, 2.45) is 23.7 Å². The van der Waals surface area contributed by atoms with Crippen LogP contribution in [0.5, 0.6) is 0 Å². The molecule has 3 rings (SSSR count). The fourth-order valence-electron chi connectivity index (χ4n) is 5.87. The lowest BCUT2D eigenvalue weighted by Gasteiger charge is -2.35. The highest BCUT2D eigenvalue weighted by Crippen LogP contribution is 2.46. The maximum absolute atomic E-state index is 13.5. The number of hydrogen-bond acceptors (Lipinski definition) is 5. The van der Waals surface area contributed by atoms with Crippen LogP contribution in [0.25, 0.3) is 0 Å². The molecule has 1 aliphatic carbocycles. The van der Waals surface area contributed by atoms with Crippen molar-refractivity contribution in [1.29, 1.82) is 5.26 Å². The smallest absolute Gasteiger partial charge is 0.356 e. The Labute approximate surface area is 227 Å². The van der Waals surface area contributed by atoms with E-state index < -0.39 is 84.6 Å². The highest BCUT2D eigenvalue weighted by Gasteiger charge is 2.65. The first-order valence-electron chi connectivity index (χ1n) is 12.7. The quantitative estimate of drug-likeness (QED) is 0.383. The molecule has 2 saturated heterocycles. The molecule has 9 nitrogen and oxygen atoms in total. The molecular weight excluding hydrogens is 581 g/mol. The summed E-state index contributed by atoms with van der Waals surface area (Å²) in [5.41, 5.74) is 0. The van der Waals surface area contributed by atoms with Gasteiger partial charge < -0.3 is 20.9 Å². The maximum Gasteiger partial charge on any atom is 0.471 e. The molecule has 0 radical (unpaired) electrons. The molecule has 1 saturated carbocycles. The SMILES string of the molecule is N#C[C@H](C[C@@H]1CCCNC1=O)NC(=O)[C@@H]1[C@H]2CCC[C@H]2CN1C(=O)[C@@H](NC(=O)C(F)(F)F)C(C(F)(F)F)C(F)(F)F. The van der Waals surface area contributed by atoms with Crippen molar-refractivity contribution in [3.05, 3.63) is 0 Å². The lowest BCUT2D eigenvalue weighted by Crippen LogP contribution is -2.63. The van der Waals surface area contributed by atoms with Crippen LogP contribution in [0.1, 0.15) is 38.5 Å². The summed E-state index contributed by atoms with van der Waals surface area (Å²) < 4.78 is 120. The lowest BCUT2D eigenvalue weighted by molar-refractivity contribution is -0.290. The topological polar surface area (TPSA) is 131 Å². The van der Waals surface area contributed by atoms with Crippen molar-refractivity contribution in [2.45, 2.75) is 75.2 Å². The van der Waals surface area contributed by atoms with Gasteiger partial charge in [-0.25, -0.2) is 0 Å². The van der Waals surface area contributed by atoms with Crippen molar-refractivity contribution in [1.82, 2.24) is 20.9 Å². The molecule has 0 aromatic heterocycles. The first-order valence-corrected chi connectivity index (χ1v) is 12.7. The number of hydrogen-bond donors (Lipinski definition) is 3. The summed E-state index contributed by atoms with van der Waals surface area (Å²) in [4.78, 5) is 50.4. The number of nitriles is 1. The Morgan fingerprint density at radius 2 is 1.61 bits per heavy atom. The molecule has 3 aliphatic rings. The van der Waals surface area contributed by atoms with Gasteiger partial charge in [-0.05, 0) is 43.9 Å². The summed E-state index contributed by atoms with van der Waals surface area (Å²) in [6.07, 6.45) is -16.7. The van der Waals surface area contributed by atoms with Gasteiger partial charge in [-0.3, -0.25) is 19.2 Å². The van der Waals surface area contributed by atoms with E-state index in [4.69, 9.17) is 0 Å². The normalized spacial score (nSPS) is 26.6. The average molecular weight is 607 g/mol. The summed E-state index contributed by atoms with van der Waals surface area (Å²) >= 11 is 0. The van der Waals surface area contributed by atoms with Gasteiger partial charge in [-0.2, -0.15) is 44.8 Å². The predicted molar refractivity (Wildman–Crippen MR) is 118 cm³/mol. The Morgan fingerprint density at radius 1 is 0.976 bits per heavy atom. The van der Waals surface area contributed by atoms with Gasteiger partial charge >= 0.3 is 24.4 Å². The Kier molecular flexibility index (Phi) is 9.38. The Balaban J connectivity index is 1.93. The highest BCUT2D eigenvalue weighted by atomic mass is 19.4. The Bertz CT molecular complexity index is 1060. The van der Waals surface area contributed by atoms with Gasteiger partial charge in [0.15, 0.2) is 5.92 Å². The van der Waals surface area contributed by atoms with Crippen LogP contribution in [0, 0.1) is 35.0 Å². The molecule has 0 aromatic carbocycles. The molecule has 0 unspecified atom stereocenters. The molecule has 18 heteroatoms. The van der Waals surface area contributed by atoms with E-state index in [-0.39, 0.29) is 18.7 Å². The second kappa shape index (κ2) is 11.9. The number of nitrogens with one attached hydrogen (secondary N) is 3. The first kappa shape index (κ1) is 32.3. The fourth-order valence-corrected chi connectivity index (χ4v) is 5.87. The maximum atomic E-state index is 13.5. The zero-order chi connectivity index (χ0) is 30.9. The molecular formula is C23H26F9N5O4. The van der Waals surface area contributed by atoms with E-state index in [2.05, 4.69) is 10.6 Å². The number of alkyl halides is 9. The number of piperidine rings is 1. The number of nitrogens with zero attached hydrogens (tertiary/aromatic N) is 2. The monoisotopic (exact) mass is 607 g/mol. The van der Waals surface area contributed by atoms with E-state index in [1.54, 1.807) is 6.07 Å². The summed E-state index contributed by atoms with van der Waals surface area (Å²) in [6.45, 7) is -0.144. The molecule has 4 amide bonds. The van der Waals surface area contributed by atoms with Crippen molar-refractivity contribution in [3.63, 3.8) is 0 Å². The van der Waals surface area contributed by atoms with Crippen LogP contribution in [-0.4, -0.2) is 78.3 Å². The molecule has 2 heterocycles. The van der Waals surface area contributed by atoms with Crippen molar-refractivity contribution < 1.29 is 58.7 Å². The zero-order valence-corrected chi connectivity index (χ0v) is 21.1. The fraction of sp³-hybridized carbons (Fsp3) is 0.783. The molecule has 2 aliphatic heterocycles. The molecule has 0 spiro atoms. The van der Waals surface area contributed by atoms with E-state index in [0.717, 1.165) is 0 Å². The van der Waals surface area contributed by atoms with E-state index in [0.29, 0.717) is 42.4 Å². The van der Waals surface area contributed by atoms with Gasteiger partial charge in [0, 0.05) is 19.0 Å². The highest BCUT2D eigenvalue weighted by molar-refractivity contribution is 5.94.